The van der Waals surface area contributed by atoms with Crippen LogP contribution in [0.25, 0.3) is 0 Å². The van der Waals surface area contributed by atoms with Gasteiger partial charge in [0.2, 0.25) is 0 Å². The monoisotopic (exact) mass is 360 g/mol. The Morgan fingerprint density at radius 1 is 1.56 bits per heavy atom. The van der Waals surface area contributed by atoms with E-state index in [1.807, 2.05) is 33.8 Å². The van der Waals surface area contributed by atoms with Crippen molar-refractivity contribution in [1.29, 1.82) is 0 Å². The minimum Gasteiger partial charge on any atom is -0.443 e. The number of pyridine rings is 1. The van der Waals surface area contributed by atoms with Crippen LogP contribution in [-0.4, -0.2) is 22.7 Å². The number of hydrogen-bond acceptors (Lipinski definition) is 3. The van der Waals surface area contributed by atoms with Crippen molar-refractivity contribution >= 4 is 34.5 Å². The molecular formula is C13H17IN2O2. The van der Waals surface area contributed by atoms with E-state index in [0.717, 1.165) is 21.4 Å². The van der Waals surface area contributed by atoms with Gasteiger partial charge in [-0.05, 0) is 62.8 Å². The molecule has 0 bridgehead atoms. The second kappa shape index (κ2) is 4.68. The molecule has 1 amide bonds. The van der Waals surface area contributed by atoms with Gasteiger partial charge in [-0.1, -0.05) is 0 Å². The molecule has 0 aromatic carbocycles. The summed E-state index contributed by atoms with van der Waals surface area (Å²) in [7, 11) is 0. The lowest BCUT2D eigenvalue weighted by molar-refractivity contribution is 0.0571. The van der Waals surface area contributed by atoms with E-state index in [0.29, 0.717) is 0 Å². The number of carbonyl (C=O) groups excluding carboxylic acids is 1. The largest absolute Gasteiger partial charge is 0.443 e. The highest BCUT2D eigenvalue weighted by molar-refractivity contribution is 14.1. The van der Waals surface area contributed by atoms with Crippen LogP contribution in [0.4, 0.5) is 10.6 Å². The lowest BCUT2D eigenvalue weighted by Gasteiger charge is -2.26. The Balaban J connectivity index is 2.31. The molecule has 1 aromatic rings. The van der Waals surface area contributed by atoms with E-state index in [1.165, 1.54) is 0 Å². The third-order valence-corrected chi connectivity index (χ3v) is 3.75. The molecule has 0 N–H and O–H groups in total. The van der Waals surface area contributed by atoms with E-state index in [-0.39, 0.29) is 12.1 Å². The van der Waals surface area contributed by atoms with Crippen LogP contribution in [0.3, 0.4) is 0 Å². The maximum atomic E-state index is 12.2. The maximum absolute atomic E-state index is 12.2. The number of nitrogens with zero attached hydrogens (tertiary/aromatic N) is 2. The van der Waals surface area contributed by atoms with Crippen LogP contribution in [0.1, 0.15) is 33.3 Å². The molecule has 0 saturated heterocycles. The molecular weight excluding hydrogens is 343 g/mol. The van der Waals surface area contributed by atoms with E-state index in [9.17, 15) is 4.79 Å². The van der Waals surface area contributed by atoms with Crippen LogP contribution in [0.15, 0.2) is 12.3 Å². The number of rotatable bonds is 0. The molecule has 0 saturated carbocycles. The predicted molar refractivity (Wildman–Crippen MR) is 78.8 cm³/mol. The van der Waals surface area contributed by atoms with E-state index >= 15 is 0 Å². The quantitative estimate of drug-likeness (QED) is 0.667. The third kappa shape index (κ3) is 2.60. The fourth-order valence-electron chi connectivity index (χ4n) is 2.03. The summed E-state index contributed by atoms with van der Waals surface area (Å²) in [6.45, 7) is 7.62. The molecule has 18 heavy (non-hydrogen) atoms. The maximum Gasteiger partial charge on any atom is 0.416 e. The van der Waals surface area contributed by atoms with Gasteiger partial charge in [0.05, 0.1) is 0 Å². The summed E-state index contributed by atoms with van der Waals surface area (Å²) in [5.41, 5.74) is 0.651. The molecule has 0 spiro atoms. The molecule has 2 rings (SSSR count). The fourth-order valence-corrected chi connectivity index (χ4v) is 2.65. The summed E-state index contributed by atoms with van der Waals surface area (Å²) in [6.07, 6.45) is 2.25. The van der Waals surface area contributed by atoms with Crippen LogP contribution >= 0.6 is 22.6 Å². The van der Waals surface area contributed by atoms with Crippen molar-refractivity contribution in [2.45, 2.75) is 45.8 Å². The molecule has 1 atom stereocenters. The van der Waals surface area contributed by atoms with Crippen molar-refractivity contribution in [3.8, 4) is 0 Å². The van der Waals surface area contributed by atoms with E-state index in [2.05, 4.69) is 27.6 Å². The van der Waals surface area contributed by atoms with Gasteiger partial charge >= 0.3 is 6.09 Å². The highest BCUT2D eigenvalue weighted by atomic mass is 127. The summed E-state index contributed by atoms with van der Waals surface area (Å²) in [6, 6.07) is 2.06. The first-order chi connectivity index (χ1) is 8.29. The molecule has 0 fully saturated rings. The normalized spacial score (nSPS) is 18.7. The average molecular weight is 360 g/mol. The van der Waals surface area contributed by atoms with E-state index < -0.39 is 5.60 Å². The molecule has 0 aliphatic carbocycles. The van der Waals surface area contributed by atoms with Gasteiger partial charge in [-0.2, -0.15) is 0 Å². The van der Waals surface area contributed by atoms with Crippen LogP contribution < -0.4 is 4.90 Å². The highest BCUT2D eigenvalue weighted by Crippen LogP contribution is 2.34. The number of hydrogen-bond donors (Lipinski definition) is 0. The Labute approximate surface area is 121 Å². The zero-order valence-electron chi connectivity index (χ0n) is 11.0. The van der Waals surface area contributed by atoms with Crippen LogP contribution in [0.2, 0.25) is 0 Å². The van der Waals surface area contributed by atoms with Crippen molar-refractivity contribution in [3.05, 3.63) is 21.4 Å². The number of ether oxygens (including phenoxy) is 1. The lowest BCUT2D eigenvalue weighted by atomic mass is 10.2. The number of carbonyl (C=O) groups is 1. The first-order valence-electron chi connectivity index (χ1n) is 5.95. The molecule has 0 radical (unpaired) electrons. The van der Waals surface area contributed by atoms with Crippen LogP contribution in [0.5, 0.6) is 0 Å². The number of fused-ring (bicyclic) bond motifs is 1. The van der Waals surface area contributed by atoms with E-state index in [1.54, 1.807) is 11.1 Å². The van der Waals surface area contributed by atoms with Crippen LogP contribution in [0, 0.1) is 3.57 Å². The minimum absolute atomic E-state index is 0.0956. The zero-order chi connectivity index (χ0) is 13.5. The van der Waals surface area contributed by atoms with Crippen molar-refractivity contribution in [2.24, 2.45) is 0 Å². The van der Waals surface area contributed by atoms with Crippen molar-refractivity contribution in [3.63, 3.8) is 0 Å². The molecule has 4 nitrogen and oxygen atoms in total. The van der Waals surface area contributed by atoms with Crippen LogP contribution in [-0.2, 0) is 11.2 Å². The molecule has 2 heterocycles. The minimum atomic E-state index is -0.485. The SMILES string of the molecule is C[C@@H]1Cc2c(I)ccnc2N1C(=O)OC(C)(C)C. The fraction of sp³-hybridized carbons (Fsp3) is 0.538. The highest BCUT2D eigenvalue weighted by Gasteiger charge is 2.36. The van der Waals surface area contributed by atoms with Gasteiger partial charge in [-0.3, -0.25) is 4.90 Å². The molecule has 1 aromatic heterocycles. The van der Waals surface area contributed by atoms with Gasteiger partial charge in [0.25, 0.3) is 0 Å². The number of amides is 1. The van der Waals surface area contributed by atoms with Gasteiger partial charge < -0.3 is 4.74 Å². The zero-order valence-corrected chi connectivity index (χ0v) is 13.2. The van der Waals surface area contributed by atoms with Crippen molar-refractivity contribution < 1.29 is 9.53 Å². The Bertz CT molecular complexity index is 482. The molecule has 1 aliphatic rings. The van der Waals surface area contributed by atoms with Gasteiger partial charge in [0.15, 0.2) is 0 Å². The molecule has 1 aliphatic heterocycles. The summed E-state index contributed by atoms with van der Waals surface area (Å²) in [5.74, 6) is 0.739. The van der Waals surface area contributed by atoms with E-state index in [4.69, 9.17) is 4.74 Å². The average Bonchev–Trinajstić information content (AvgIpc) is 2.53. The Kier molecular flexibility index (Phi) is 3.53. The first-order valence-corrected chi connectivity index (χ1v) is 7.03. The number of anilines is 1. The molecule has 98 valence electrons. The summed E-state index contributed by atoms with van der Waals surface area (Å²) < 4.78 is 6.58. The number of halogens is 1. The number of aromatic nitrogens is 1. The summed E-state index contributed by atoms with van der Waals surface area (Å²) in [5, 5.41) is 0. The third-order valence-electron chi connectivity index (χ3n) is 2.73. The van der Waals surface area contributed by atoms with Gasteiger partial charge in [-0.25, -0.2) is 9.78 Å². The van der Waals surface area contributed by atoms with Gasteiger partial charge in [0.1, 0.15) is 11.4 Å². The van der Waals surface area contributed by atoms with Crippen molar-refractivity contribution in [1.82, 2.24) is 4.98 Å². The summed E-state index contributed by atoms with van der Waals surface area (Å²) >= 11 is 2.28. The first kappa shape index (κ1) is 13.6. The lowest BCUT2D eigenvalue weighted by Crippen LogP contribution is -2.40. The smallest absolute Gasteiger partial charge is 0.416 e. The molecule has 0 unspecified atom stereocenters. The second-order valence-corrected chi connectivity index (χ2v) is 6.66. The topological polar surface area (TPSA) is 42.4 Å². The van der Waals surface area contributed by atoms with Gasteiger partial charge in [-0.15, -0.1) is 0 Å². The van der Waals surface area contributed by atoms with Gasteiger partial charge in [0, 0.05) is 21.4 Å². The predicted octanol–water partition coefficient (Wildman–Crippen LogP) is 3.37. The molecule has 5 heteroatoms. The Morgan fingerprint density at radius 2 is 2.22 bits per heavy atom. The second-order valence-electron chi connectivity index (χ2n) is 5.50. The Hall–Kier alpha value is -0.850. The van der Waals surface area contributed by atoms with Crippen molar-refractivity contribution in [2.75, 3.05) is 4.90 Å². The summed E-state index contributed by atoms with van der Waals surface area (Å²) in [4.78, 5) is 18.2. The standard InChI is InChI=1S/C13H17IN2O2/c1-8-7-9-10(14)5-6-15-11(9)16(8)12(17)18-13(2,3)4/h5-6,8H,7H2,1-4H3/t8-/m1/s1. The Morgan fingerprint density at radius 3 is 2.83 bits per heavy atom.